The van der Waals surface area contributed by atoms with Gasteiger partial charge in [0.2, 0.25) is 0 Å². The molecule has 2 aromatic rings. The van der Waals surface area contributed by atoms with Gasteiger partial charge in [-0.1, -0.05) is 6.07 Å². The van der Waals surface area contributed by atoms with Crippen LogP contribution in [0.25, 0.3) is 0 Å². The first kappa shape index (κ1) is 19.6. The van der Waals surface area contributed by atoms with Gasteiger partial charge in [-0.25, -0.2) is 4.79 Å². The highest BCUT2D eigenvalue weighted by Crippen LogP contribution is 2.42. The molecular weight excluding hydrogens is 412 g/mol. The number of methoxy groups -OCH3 is 1. The van der Waals surface area contributed by atoms with Gasteiger partial charge in [-0.05, 0) is 79.7 Å². The first-order valence-corrected chi connectivity index (χ1v) is 12.1. The molecule has 1 saturated heterocycles. The molecule has 8 heteroatoms. The van der Waals surface area contributed by atoms with Crippen molar-refractivity contribution in [2.75, 3.05) is 25.6 Å². The molecule has 6 rings (SSSR count). The Kier molecular flexibility index (Phi) is 4.77. The number of rotatable bonds is 6. The van der Waals surface area contributed by atoms with Gasteiger partial charge in [0.1, 0.15) is 5.03 Å². The molecule has 0 spiro atoms. The Labute approximate surface area is 186 Å². The van der Waals surface area contributed by atoms with E-state index in [1.807, 2.05) is 6.07 Å². The molecule has 0 atom stereocenters. The summed E-state index contributed by atoms with van der Waals surface area (Å²) >= 11 is 1.27. The Morgan fingerprint density at radius 2 is 1.87 bits per heavy atom. The van der Waals surface area contributed by atoms with E-state index >= 15 is 0 Å². The molecule has 1 aromatic carbocycles. The lowest BCUT2D eigenvalue weighted by atomic mass is 9.97. The molecule has 1 aliphatic heterocycles. The number of ether oxygens (including phenoxy) is 2. The van der Waals surface area contributed by atoms with E-state index < -0.39 is 5.60 Å². The van der Waals surface area contributed by atoms with E-state index in [1.165, 1.54) is 47.0 Å². The molecule has 0 unspecified atom stereocenters. The third-order valence-corrected chi connectivity index (χ3v) is 7.79. The average Bonchev–Trinajstić information content (AvgIpc) is 3.13. The van der Waals surface area contributed by atoms with E-state index in [2.05, 4.69) is 20.8 Å². The molecule has 2 heterocycles. The quantitative estimate of drug-likeness (QED) is 0.667. The standard InChI is InChI=1S/C23H28N4O3S/c1-29-23(12-30-13-23)19-11-20(25-27(19)16-8-9-16)31-26-22(28)24-21-17-6-2-4-14(17)10-15-5-3-7-18(15)21/h10-11,16H,2-9,12-13H2,1H3,(H2,24,26,28). The Morgan fingerprint density at radius 1 is 1.16 bits per heavy atom. The number of hydrogen-bond donors (Lipinski definition) is 2. The summed E-state index contributed by atoms with van der Waals surface area (Å²) in [6, 6.07) is 4.66. The number of benzene rings is 1. The maximum atomic E-state index is 12.8. The number of aromatic nitrogens is 2. The summed E-state index contributed by atoms with van der Waals surface area (Å²) in [6.07, 6.45) is 8.99. The van der Waals surface area contributed by atoms with Crippen LogP contribution in [0.4, 0.5) is 10.5 Å². The number of urea groups is 1. The van der Waals surface area contributed by atoms with Gasteiger partial charge >= 0.3 is 6.03 Å². The van der Waals surface area contributed by atoms with E-state index in [9.17, 15) is 4.79 Å². The average molecular weight is 441 g/mol. The van der Waals surface area contributed by atoms with Crippen molar-refractivity contribution in [3.63, 3.8) is 0 Å². The second kappa shape index (κ2) is 7.53. The molecule has 31 heavy (non-hydrogen) atoms. The van der Waals surface area contributed by atoms with E-state index in [-0.39, 0.29) is 6.03 Å². The zero-order chi connectivity index (χ0) is 21.0. The monoisotopic (exact) mass is 440 g/mol. The molecule has 1 aromatic heterocycles. The molecule has 4 aliphatic rings. The molecule has 164 valence electrons. The van der Waals surface area contributed by atoms with Crippen molar-refractivity contribution >= 4 is 23.7 Å². The van der Waals surface area contributed by atoms with Gasteiger partial charge in [0.05, 0.1) is 24.9 Å². The Balaban J connectivity index is 1.18. The maximum absolute atomic E-state index is 12.8. The number of nitrogens with one attached hydrogen (secondary N) is 2. The molecule has 1 saturated carbocycles. The molecule has 0 radical (unpaired) electrons. The van der Waals surface area contributed by atoms with Gasteiger partial charge in [-0.3, -0.25) is 9.40 Å². The van der Waals surface area contributed by atoms with Gasteiger partial charge in [0, 0.05) is 24.7 Å². The second-order valence-electron chi connectivity index (χ2n) is 9.13. The first-order valence-electron chi connectivity index (χ1n) is 11.3. The summed E-state index contributed by atoms with van der Waals surface area (Å²) in [6.45, 7) is 1.09. The number of fused-ring (bicyclic) bond motifs is 2. The van der Waals surface area contributed by atoms with Crippen LogP contribution >= 0.6 is 11.9 Å². The summed E-state index contributed by atoms with van der Waals surface area (Å²) in [4.78, 5) is 12.8. The van der Waals surface area contributed by atoms with Crippen molar-refractivity contribution in [1.29, 1.82) is 0 Å². The van der Waals surface area contributed by atoms with Crippen LogP contribution < -0.4 is 10.0 Å². The van der Waals surface area contributed by atoms with Crippen molar-refractivity contribution in [2.45, 2.75) is 68.0 Å². The number of aryl methyl sites for hydroxylation is 2. The summed E-state index contributed by atoms with van der Waals surface area (Å²) in [5, 5.41) is 8.73. The molecule has 2 fully saturated rings. The van der Waals surface area contributed by atoms with Crippen molar-refractivity contribution < 1.29 is 14.3 Å². The summed E-state index contributed by atoms with van der Waals surface area (Å²) < 4.78 is 16.2. The van der Waals surface area contributed by atoms with Crippen LogP contribution in [0.15, 0.2) is 17.2 Å². The van der Waals surface area contributed by atoms with E-state index in [0.717, 1.165) is 54.9 Å². The molecular formula is C23H28N4O3S. The summed E-state index contributed by atoms with van der Waals surface area (Å²) in [5.41, 5.74) is 7.22. The van der Waals surface area contributed by atoms with Crippen LogP contribution in [0.3, 0.4) is 0 Å². The Hall–Kier alpha value is -2.03. The highest BCUT2D eigenvalue weighted by atomic mass is 32.2. The number of amides is 2. The Bertz CT molecular complexity index is 1000. The van der Waals surface area contributed by atoms with E-state index in [0.29, 0.717) is 19.3 Å². The smallest absolute Gasteiger partial charge is 0.329 e. The van der Waals surface area contributed by atoms with Crippen LogP contribution in [-0.4, -0.2) is 36.1 Å². The Morgan fingerprint density at radius 3 is 2.45 bits per heavy atom. The van der Waals surface area contributed by atoms with Crippen LogP contribution in [0.1, 0.15) is 59.7 Å². The van der Waals surface area contributed by atoms with Crippen LogP contribution in [0.2, 0.25) is 0 Å². The maximum Gasteiger partial charge on any atom is 0.329 e. The molecule has 2 amide bonds. The number of anilines is 1. The van der Waals surface area contributed by atoms with Crippen LogP contribution in [-0.2, 0) is 40.8 Å². The minimum atomic E-state index is -0.415. The predicted molar refractivity (Wildman–Crippen MR) is 119 cm³/mol. The van der Waals surface area contributed by atoms with Gasteiger partial charge in [-0.15, -0.1) is 0 Å². The number of carbonyl (C=O) groups is 1. The van der Waals surface area contributed by atoms with E-state index in [1.54, 1.807) is 7.11 Å². The highest BCUT2D eigenvalue weighted by Gasteiger charge is 2.46. The normalized spacial score (nSPS) is 20.8. The van der Waals surface area contributed by atoms with Gasteiger partial charge in [-0.2, -0.15) is 5.10 Å². The molecule has 2 N–H and O–H groups in total. The van der Waals surface area contributed by atoms with Crippen molar-refractivity contribution in [3.8, 4) is 0 Å². The largest absolute Gasteiger partial charge is 0.374 e. The van der Waals surface area contributed by atoms with E-state index in [4.69, 9.17) is 14.6 Å². The number of carbonyl (C=O) groups excluding carboxylic acids is 1. The van der Waals surface area contributed by atoms with Crippen LogP contribution in [0.5, 0.6) is 0 Å². The fraction of sp³-hybridized carbons (Fsp3) is 0.565. The molecule has 0 bridgehead atoms. The predicted octanol–water partition coefficient (Wildman–Crippen LogP) is 3.90. The third-order valence-electron chi connectivity index (χ3n) is 7.09. The van der Waals surface area contributed by atoms with Gasteiger partial charge < -0.3 is 14.8 Å². The zero-order valence-corrected chi connectivity index (χ0v) is 18.6. The minimum Gasteiger partial charge on any atom is -0.374 e. The first-order chi connectivity index (χ1) is 15.2. The van der Waals surface area contributed by atoms with Crippen molar-refractivity contribution in [2.24, 2.45) is 0 Å². The summed E-state index contributed by atoms with van der Waals surface area (Å²) in [7, 11) is 1.72. The lowest BCUT2D eigenvalue weighted by molar-refractivity contribution is -0.206. The van der Waals surface area contributed by atoms with Gasteiger partial charge in [0.25, 0.3) is 0 Å². The van der Waals surface area contributed by atoms with Crippen molar-refractivity contribution in [1.82, 2.24) is 14.5 Å². The van der Waals surface area contributed by atoms with Crippen molar-refractivity contribution in [3.05, 3.63) is 40.1 Å². The topological polar surface area (TPSA) is 77.4 Å². The lowest BCUT2D eigenvalue weighted by Gasteiger charge is -2.40. The minimum absolute atomic E-state index is 0.185. The van der Waals surface area contributed by atoms with Crippen LogP contribution in [0, 0.1) is 0 Å². The number of nitrogens with zero attached hydrogens (tertiary/aromatic N) is 2. The fourth-order valence-electron chi connectivity index (χ4n) is 5.22. The third kappa shape index (κ3) is 3.36. The molecule has 3 aliphatic carbocycles. The SMILES string of the molecule is COC1(c2cc(SNC(=O)Nc3c4c(cc5c3CCC5)CCC4)nn2C2CC2)COC1. The number of hydrogen-bond acceptors (Lipinski definition) is 5. The summed E-state index contributed by atoms with van der Waals surface area (Å²) in [5.74, 6) is 0. The molecule has 7 nitrogen and oxygen atoms in total. The highest BCUT2D eigenvalue weighted by molar-refractivity contribution is 7.97. The van der Waals surface area contributed by atoms with Gasteiger partial charge in [0.15, 0.2) is 5.60 Å². The second-order valence-corrected chi connectivity index (χ2v) is 9.95. The zero-order valence-electron chi connectivity index (χ0n) is 17.8. The lowest BCUT2D eigenvalue weighted by Crippen LogP contribution is -2.49. The fourth-order valence-corrected chi connectivity index (χ4v) is 5.77.